The molecule has 2 aromatic rings. The Kier molecular flexibility index (Phi) is 4.29. The molecule has 1 aliphatic rings. The lowest BCUT2D eigenvalue weighted by atomic mass is 10.1. The van der Waals surface area contributed by atoms with Crippen molar-refractivity contribution in [3.05, 3.63) is 47.8 Å². The summed E-state index contributed by atoms with van der Waals surface area (Å²) in [6.07, 6.45) is 2.07. The molecular weight excluding hydrogens is 276 g/mol. The maximum Gasteiger partial charge on any atom is 0.270 e. The summed E-state index contributed by atoms with van der Waals surface area (Å²) in [6, 6.07) is 10.4. The molecule has 1 saturated heterocycles. The highest BCUT2D eigenvalue weighted by Gasteiger charge is 2.22. The lowest BCUT2D eigenvalue weighted by Gasteiger charge is -2.27. The molecule has 1 aliphatic heterocycles. The average molecular weight is 298 g/mol. The fourth-order valence-electron chi connectivity index (χ4n) is 2.78. The molecule has 1 aromatic carbocycles. The topological polar surface area (TPSA) is 34.5 Å². The average Bonchev–Trinajstić information content (AvgIpc) is 3.00. The maximum atomic E-state index is 12.7. The first-order valence-corrected chi connectivity index (χ1v) is 7.83. The van der Waals surface area contributed by atoms with Crippen LogP contribution < -0.4 is 0 Å². The second-order valence-corrected chi connectivity index (χ2v) is 5.67. The minimum absolute atomic E-state index is 0.100. The smallest absolute Gasteiger partial charge is 0.270 e. The number of carbonyl (C=O) groups is 1. The van der Waals surface area contributed by atoms with E-state index in [4.69, 9.17) is 4.74 Å². The molecule has 3 rings (SSSR count). The van der Waals surface area contributed by atoms with E-state index in [1.165, 1.54) is 5.56 Å². The van der Waals surface area contributed by atoms with Gasteiger partial charge in [-0.15, -0.1) is 0 Å². The minimum Gasteiger partial charge on any atom is -0.378 e. The zero-order valence-electron chi connectivity index (χ0n) is 13.2. The van der Waals surface area contributed by atoms with Crippen LogP contribution in [0.25, 0.3) is 11.1 Å². The maximum absolute atomic E-state index is 12.7. The first-order valence-electron chi connectivity index (χ1n) is 7.83. The molecule has 0 radical (unpaired) electrons. The molecule has 22 heavy (non-hydrogen) atoms. The summed E-state index contributed by atoms with van der Waals surface area (Å²) in [5.74, 6) is 0.100. The van der Waals surface area contributed by atoms with E-state index >= 15 is 0 Å². The zero-order chi connectivity index (χ0) is 15.5. The first-order chi connectivity index (χ1) is 10.7. The monoisotopic (exact) mass is 298 g/mol. The van der Waals surface area contributed by atoms with Crippen molar-refractivity contribution >= 4 is 5.91 Å². The predicted molar refractivity (Wildman–Crippen MR) is 87.0 cm³/mol. The molecule has 0 unspecified atom stereocenters. The summed E-state index contributed by atoms with van der Waals surface area (Å²) in [5.41, 5.74) is 4.25. The molecule has 0 saturated carbocycles. The van der Waals surface area contributed by atoms with Crippen molar-refractivity contribution < 1.29 is 9.53 Å². The number of aryl methyl sites for hydroxylation is 2. The highest BCUT2D eigenvalue weighted by molar-refractivity contribution is 5.94. The number of aromatic nitrogens is 1. The van der Waals surface area contributed by atoms with E-state index in [2.05, 4.69) is 44.3 Å². The first kappa shape index (κ1) is 14.9. The van der Waals surface area contributed by atoms with Crippen molar-refractivity contribution in [2.45, 2.75) is 20.4 Å². The van der Waals surface area contributed by atoms with Gasteiger partial charge in [-0.1, -0.05) is 29.8 Å². The highest BCUT2D eigenvalue weighted by Crippen LogP contribution is 2.24. The molecule has 2 heterocycles. The van der Waals surface area contributed by atoms with Gasteiger partial charge >= 0.3 is 0 Å². The van der Waals surface area contributed by atoms with Gasteiger partial charge in [0.05, 0.1) is 13.2 Å². The van der Waals surface area contributed by atoms with Crippen LogP contribution in [0.3, 0.4) is 0 Å². The third-order valence-electron chi connectivity index (χ3n) is 4.14. The molecule has 4 heteroatoms. The minimum atomic E-state index is 0.100. The van der Waals surface area contributed by atoms with Gasteiger partial charge in [-0.05, 0) is 25.5 Å². The molecule has 4 nitrogen and oxygen atoms in total. The molecule has 1 amide bonds. The van der Waals surface area contributed by atoms with E-state index in [0.717, 1.165) is 23.4 Å². The number of carbonyl (C=O) groups excluding carboxylic acids is 1. The van der Waals surface area contributed by atoms with Crippen LogP contribution in [0.5, 0.6) is 0 Å². The third kappa shape index (κ3) is 2.92. The SMILES string of the molecule is CCn1cc(-c2ccc(C)cc2)cc1C(=O)N1CCOCC1. The van der Waals surface area contributed by atoms with E-state index in [-0.39, 0.29) is 5.91 Å². The molecule has 0 bridgehead atoms. The van der Waals surface area contributed by atoms with E-state index in [0.29, 0.717) is 26.3 Å². The van der Waals surface area contributed by atoms with E-state index in [1.54, 1.807) is 0 Å². The summed E-state index contributed by atoms with van der Waals surface area (Å²) in [5, 5.41) is 0. The summed E-state index contributed by atoms with van der Waals surface area (Å²) < 4.78 is 7.36. The highest BCUT2D eigenvalue weighted by atomic mass is 16.5. The van der Waals surface area contributed by atoms with Gasteiger partial charge in [0.2, 0.25) is 0 Å². The van der Waals surface area contributed by atoms with Crippen molar-refractivity contribution in [2.75, 3.05) is 26.3 Å². The van der Waals surface area contributed by atoms with Crippen LogP contribution in [-0.2, 0) is 11.3 Å². The number of morpholine rings is 1. The van der Waals surface area contributed by atoms with Crippen molar-refractivity contribution in [1.29, 1.82) is 0 Å². The van der Waals surface area contributed by atoms with Gasteiger partial charge in [-0.3, -0.25) is 4.79 Å². The van der Waals surface area contributed by atoms with E-state index in [9.17, 15) is 4.79 Å². The van der Waals surface area contributed by atoms with Crippen LogP contribution in [-0.4, -0.2) is 41.7 Å². The number of hydrogen-bond donors (Lipinski definition) is 0. The van der Waals surface area contributed by atoms with Gasteiger partial charge < -0.3 is 14.2 Å². The van der Waals surface area contributed by atoms with Crippen molar-refractivity contribution in [3.63, 3.8) is 0 Å². The van der Waals surface area contributed by atoms with Crippen molar-refractivity contribution in [2.24, 2.45) is 0 Å². The Bertz CT molecular complexity index is 652. The molecule has 1 aromatic heterocycles. The van der Waals surface area contributed by atoms with Crippen LogP contribution in [0.15, 0.2) is 36.5 Å². The van der Waals surface area contributed by atoms with Crippen molar-refractivity contribution in [1.82, 2.24) is 9.47 Å². The third-order valence-corrected chi connectivity index (χ3v) is 4.14. The Balaban J connectivity index is 1.90. The van der Waals surface area contributed by atoms with Gasteiger partial charge in [-0.2, -0.15) is 0 Å². The van der Waals surface area contributed by atoms with Crippen LogP contribution >= 0.6 is 0 Å². The van der Waals surface area contributed by atoms with E-state index in [1.807, 2.05) is 15.5 Å². The summed E-state index contributed by atoms with van der Waals surface area (Å²) in [7, 11) is 0. The summed E-state index contributed by atoms with van der Waals surface area (Å²) >= 11 is 0. The van der Waals surface area contributed by atoms with Gasteiger partial charge in [-0.25, -0.2) is 0 Å². The lowest BCUT2D eigenvalue weighted by Crippen LogP contribution is -2.41. The fraction of sp³-hybridized carbons (Fsp3) is 0.389. The van der Waals surface area contributed by atoms with Crippen molar-refractivity contribution in [3.8, 4) is 11.1 Å². The Labute approximate surface area is 131 Å². The molecule has 0 aliphatic carbocycles. The normalized spacial score (nSPS) is 15.1. The molecular formula is C18H22N2O2. The Morgan fingerprint density at radius 2 is 1.82 bits per heavy atom. The van der Waals surface area contributed by atoms with Crippen LogP contribution in [0.4, 0.5) is 0 Å². The van der Waals surface area contributed by atoms with Gasteiger partial charge in [0.15, 0.2) is 0 Å². The Morgan fingerprint density at radius 1 is 1.14 bits per heavy atom. The zero-order valence-corrected chi connectivity index (χ0v) is 13.2. The van der Waals surface area contributed by atoms with Gasteiger partial charge in [0.1, 0.15) is 5.69 Å². The summed E-state index contributed by atoms with van der Waals surface area (Å²) in [6.45, 7) is 7.54. The second-order valence-electron chi connectivity index (χ2n) is 5.67. The number of amides is 1. The number of benzene rings is 1. The van der Waals surface area contributed by atoms with Crippen LogP contribution in [0.2, 0.25) is 0 Å². The predicted octanol–water partition coefficient (Wildman–Crippen LogP) is 2.96. The fourth-order valence-corrected chi connectivity index (χ4v) is 2.78. The second kappa shape index (κ2) is 6.36. The summed E-state index contributed by atoms with van der Waals surface area (Å²) in [4.78, 5) is 14.6. The van der Waals surface area contributed by atoms with E-state index < -0.39 is 0 Å². The molecule has 1 fully saturated rings. The van der Waals surface area contributed by atoms with Gasteiger partial charge in [0, 0.05) is 31.4 Å². The molecule has 0 N–H and O–H groups in total. The molecule has 116 valence electrons. The quantitative estimate of drug-likeness (QED) is 0.873. The largest absolute Gasteiger partial charge is 0.378 e. The number of nitrogens with zero attached hydrogens (tertiary/aromatic N) is 2. The Morgan fingerprint density at radius 3 is 2.45 bits per heavy atom. The Hall–Kier alpha value is -2.07. The molecule has 0 atom stereocenters. The molecule has 0 spiro atoms. The standard InChI is InChI=1S/C18H22N2O2/c1-3-19-13-16(15-6-4-14(2)5-7-15)12-17(19)18(21)20-8-10-22-11-9-20/h4-7,12-13H,3,8-11H2,1-2H3. The number of ether oxygens (including phenoxy) is 1. The van der Waals surface area contributed by atoms with Crippen LogP contribution in [0, 0.1) is 6.92 Å². The number of hydrogen-bond acceptors (Lipinski definition) is 2. The lowest BCUT2D eigenvalue weighted by molar-refractivity contribution is 0.0296. The number of rotatable bonds is 3. The van der Waals surface area contributed by atoms with Gasteiger partial charge in [0.25, 0.3) is 5.91 Å². The van der Waals surface area contributed by atoms with Crippen LogP contribution in [0.1, 0.15) is 23.0 Å².